The van der Waals surface area contributed by atoms with Crippen LogP contribution in [0.3, 0.4) is 0 Å². The summed E-state index contributed by atoms with van der Waals surface area (Å²) >= 11 is 9.51. The molecule has 0 saturated carbocycles. The Hall–Kier alpha value is -1.26. The van der Waals surface area contributed by atoms with Gasteiger partial charge < -0.3 is 10.6 Å². The van der Waals surface area contributed by atoms with Crippen molar-refractivity contribution in [3.63, 3.8) is 0 Å². The van der Waals surface area contributed by atoms with E-state index in [-0.39, 0.29) is 6.04 Å². The summed E-state index contributed by atoms with van der Waals surface area (Å²) < 4.78 is 0.931. The fourth-order valence-corrected chi connectivity index (χ4v) is 2.71. The van der Waals surface area contributed by atoms with E-state index in [0.717, 1.165) is 20.9 Å². The number of nitrogens with two attached hydrogens (primary N) is 1. The van der Waals surface area contributed by atoms with Crippen LogP contribution in [-0.2, 0) is 0 Å². The molecule has 0 aliphatic heterocycles. The summed E-state index contributed by atoms with van der Waals surface area (Å²) in [6.07, 6.45) is 1.69. The quantitative estimate of drug-likeness (QED) is 0.877. The lowest BCUT2D eigenvalue weighted by molar-refractivity contribution is 0.726. The van der Waals surface area contributed by atoms with E-state index < -0.39 is 0 Å². The number of nitrogens with zero attached hydrogens (tertiary/aromatic N) is 2. The molecule has 1 unspecified atom stereocenters. The minimum absolute atomic E-state index is 0.180. The lowest BCUT2D eigenvalue weighted by Gasteiger charge is -2.28. The number of benzene rings is 1. The number of rotatable bonds is 3. The molecule has 2 N–H and O–H groups in total. The fourth-order valence-electron chi connectivity index (χ4n) is 1.97. The molecule has 1 atom stereocenters. The molecular formula is C15H17BrClN3. The molecule has 0 fully saturated rings. The number of nitrogen functional groups attached to an aromatic ring is 1. The summed E-state index contributed by atoms with van der Waals surface area (Å²) in [5.41, 5.74) is 8.74. The van der Waals surface area contributed by atoms with Crippen LogP contribution >= 0.6 is 27.5 Å². The van der Waals surface area contributed by atoms with Gasteiger partial charge in [-0.2, -0.15) is 0 Å². The normalized spacial score (nSPS) is 12.2. The van der Waals surface area contributed by atoms with Gasteiger partial charge in [-0.1, -0.05) is 23.7 Å². The van der Waals surface area contributed by atoms with E-state index in [9.17, 15) is 0 Å². The van der Waals surface area contributed by atoms with Crippen molar-refractivity contribution in [2.75, 3.05) is 17.7 Å². The maximum absolute atomic E-state index is 5.93. The first-order valence-corrected chi connectivity index (χ1v) is 7.47. The topological polar surface area (TPSA) is 42.1 Å². The van der Waals surface area contributed by atoms with Gasteiger partial charge >= 0.3 is 0 Å². The molecule has 0 aliphatic rings. The Morgan fingerprint density at radius 1 is 1.30 bits per heavy atom. The standard InChI is InChI=1S/C15H17BrClN3/c1-9-13(18)8-19-15(14(9)16)20(3)10(2)11-4-6-12(17)7-5-11/h4-8,10H,18H2,1-3H3. The van der Waals surface area contributed by atoms with Gasteiger partial charge in [0.05, 0.1) is 22.4 Å². The SMILES string of the molecule is Cc1c(N)cnc(N(C)C(C)c2ccc(Cl)cc2)c1Br. The Morgan fingerprint density at radius 2 is 1.90 bits per heavy atom. The average Bonchev–Trinajstić information content (AvgIpc) is 2.44. The highest BCUT2D eigenvalue weighted by atomic mass is 79.9. The van der Waals surface area contributed by atoms with Gasteiger partial charge in [-0.05, 0) is 53.0 Å². The van der Waals surface area contributed by atoms with Crippen molar-refractivity contribution in [3.8, 4) is 0 Å². The number of anilines is 2. The zero-order valence-electron chi connectivity index (χ0n) is 11.7. The molecule has 0 amide bonds. The Kier molecular flexibility index (Phi) is 4.55. The number of hydrogen-bond acceptors (Lipinski definition) is 3. The van der Waals surface area contributed by atoms with E-state index in [0.29, 0.717) is 5.69 Å². The number of halogens is 2. The van der Waals surface area contributed by atoms with E-state index in [4.69, 9.17) is 17.3 Å². The van der Waals surface area contributed by atoms with Crippen molar-refractivity contribution in [1.82, 2.24) is 4.98 Å². The van der Waals surface area contributed by atoms with Crippen LogP contribution in [0.25, 0.3) is 0 Å². The lowest BCUT2D eigenvalue weighted by Crippen LogP contribution is -2.23. The fraction of sp³-hybridized carbons (Fsp3) is 0.267. The van der Waals surface area contributed by atoms with E-state index in [1.807, 2.05) is 38.2 Å². The summed E-state index contributed by atoms with van der Waals surface area (Å²) in [5, 5.41) is 0.742. The van der Waals surface area contributed by atoms with Crippen LogP contribution in [0.15, 0.2) is 34.9 Å². The molecular weight excluding hydrogens is 338 g/mol. The summed E-state index contributed by atoms with van der Waals surface area (Å²) in [6.45, 7) is 4.11. The monoisotopic (exact) mass is 353 g/mol. The molecule has 1 aromatic heterocycles. The van der Waals surface area contributed by atoms with Gasteiger partial charge in [-0.25, -0.2) is 4.98 Å². The maximum Gasteiger partial charge on any atom is 0.143 e. The molecule has 20 heavy (non-hydrogen) atoms. The molecule has 2 rings (SSSR count). The maximum atomic E-state index is 5.93. The highest BCUT2D eigenvalue weighted by Gasteiger charge is 2.17. The molecule has 0 spiro atoms. The highest BCUT2D eigenvalue weighted by Crippen LogP contribution is 2.34. The third kappa shape index (κ3) is 2.91. The first-order chi connectivity index (χ1) is 9.41. The summed E-state index contributed by atoms with van der Waals surface area (Å²) in [7, 11) is 2.02. The summed E-state index contributed by atoms with van der Waals surface area (Å²) in [4.78, 5) is 6.54. The largest absolute Gasteiger partial charge is 0.397 e. The summed E-state index contributed by atoms with van der Waals surface area (Å²) in [6, 6.07) is 8.04. The van der Waals surface area contributed by atoms with Gasteiger partial charge in [0.1, 0.15) is 5.82 Å². The molecule has 0 saturated heterocycles. The van der Waals surface area contributed by atoms with Crippen LogP contribution in [0.4, 0.5) is 11.5 Å². The number of pyridine rings is 1. The zero-order valence-corrected chi connectivity index (χ0v) is 14.0. The first-order valence-electron chi connectivity index (χ1n) is 6.30. The second-order valence-corrected chi connectivity index (χ2v) is 6.04. The molecule has 1 aromatic carbocycles. The second-order valence-electron chi connectivity index (χ2n) is 4.81. The van der Waals surface area contributed by atoms with E-state index in [1.165, 1.54) is 5.56 Å². The third-order valence-electron chi connectivity index (χ3n) is 3.55. The Morgan fingerprint density at radius 3 is 2.50 bits per heavy atom. The predicted octanol–water partition coefficient (Wildman–Crippen LogP) is 4.59. The second kappa shape index (κ2) is 6.02. The molecule has 0 aliphatic carbocycles. The smallest absolute Gasteiger partial charge is 0.143 e. The van der Waals surface area contributed by atoms with Crippen molar-refractivity contribution >= 4 is 39.0 Å². The van der Waals surface area contributed by atoms with E-state index in [2.05, 4.69) is 32.7 Å². The van der Waals surface area contributed by atoms with Crippen molar-refractivity contribution in [3.05, 3.63) is 51.1 Å². The van der Waals surface area contributed by atoms with E-state index in [1.54, 1.807) is 6.20 Å². The van der Waals surface area contributed by atoms with Crippen LogP contribution in [0.2, 0.25) is 5.02 Å². The molecule has 0 bridgehead atoms. The van der Waals surface area contributed by atoms with Gasteiger partial charge in [0.25, 0.3) is 0 Å². The molecule has 2 aromatic rings. The average molecular weight is 355 g/mol. The lowest BCUT2D eigenvalue weighted by atomic mass is 10.1. The minimum Gasteiger partial charge on any atom is -0.397 e. The highest BCUT2D eigenvalue weighted by molar-refractivity contribution is 9.10. The van der Waals surface area contributed by atoms with Crippen molar-refractivity contribution in [2.45, 2.75) is 19.9 Å². The van der Waals surface area contributed by atoms with Gasteiger partial charge in [-0.3, -0.25) is 0 Å². The van der Waals surface area contributed by atoms with Crippen molar-refractivity contribution < 1.29 is 0 Å². The predicted molar refractivity (Wildman–Crippen MR) is 89.4 cm³/mol. The molecule has 1 heterocycles. The first kappa shape index (κ1) is 15.1. The van der Waals surface area contributed by atoms with Crippen LogP contribution < -0.4 is 10.6 Å². The molecule has 5 heteroatoms. The van der Waals surface area contributed by atoms with Gasteiger partial charge in [-0.15, -0.1) is 0 Å². The van der Waals surface area contributed by atoms with Crippen LogP contribution in [0.1, 0.15) is 24.1 Å². The van der Waals surface area contributed by atoms with Crippen LogP contribution in [0, 0.1) is 6.92 Å². The minimum atomic E-state index is 0.180. The summed E-state index contributed by atoms with van der Waals surface area (Å²) in [5.74, 6) is 0.874. The Balaban J connectivity index is 2.33. The zero-order chi connectivity index (χ0) is 14.9. The number of hydrogen-bond donors (Lipinski definition) is 1. The Labute approximate surface area is 132 Å². The van der Waals surface area contributed by atoms with Crippen molar-refractivity contribution in [2.24, 2.45) is 0 Å². The van der Waals surface area contributed by atoms with Gasteiger partial charge in [0.2, 0.25) is 0 Å². The van der Waals surface area contributed by atoms with Crippen LogP contribution in [0.5, 0.6) is 0 Å². The van der Waals surface area contributed by atoms with Crippen molar-refractivity contribution in [1.29, 1.82) is 0 Å². The third-order valence-corrected chi connectivity index (χ3v) is 4.75. The Bertz CT molecular complexity index is 613. The van der Waals surface area contributed by atoms with E-state index >= 15 is 0 Å². The van der Waals surface area contributed by atoms with Gasteiger partial charge in [0, 0.05) is 12.1 Å². The number of aromatic nitrogens is 1. The molecule has 0 radical (unpaired) electrons. The van der Waals surface area contributed by atoms with Crippen LogP contribution in [-0.4, -0.2) is 12.0 Å². The molecule has 3 nitrogen and oxygen atoms in total. The molecule has 106 valence electrons. The van der Waals surface area contributed by atoms with Gasteiger partial charge in [0.15, 0.2) is 0 Å².